The third kappa shape index (κ3) is 5.14. The molecule has 0 aromatic carbocycles. The van der Waals surface area contributed by atoms with Gasteiger partial charge in [-0.2, -0.15) is 0 Å². The van der Waals surface area contributed by atoms with E-state index < -0.39 is 6.04 Å². The van der Waals surface area contributed by atoms with Gasteiger partial charge in [0.05, 0.1) is 12.1 Å². The number of amides is 1. The molecular weight excluding hydrogens is 228 g/mol. The average molecular weight is 251 g/mol. The standard InChI is InChI=1S/C11H22N2O2.ClH/c1-8(12)11(14)13-7-9-3-5-10(15-2)6-4-9;/h8-10H,3-7,12H2,1-2H3,(H,13,14);1H/t8-,9?,10?;/m1./s1. The molecule has 0 unspecified atom stereocenters. The van der Waals surface area contributed by atoms with E-state index in [1.165, 1.54) is 0 Å². The molecule has 5 heteroatoms. The highest BCUT2D eigenvalue weighted by atomic mass is 35.5. The van der Waals surface area contributed by atoms with Gasteiger partial charge in [0, 0.05) is 13.7 Å². The minimum atomic E-state index is -0.402. The Kier molecular flexibility index (Phi) is 7.72. The van der Waals surface area contributed by atoms with Gasteiger partial charge >= 0.3 is 0 Å². The first kappa shape index (κ1) is 15.7. The summed E-state index contributed by atoms with van der Waals surface area (Å²) < 4.78 is 5.30. The second-order valence-electron chi connectivity index (χ2n) is 4.41. The summed E-state index contributed by atoms with van der Waals surface area (Å²) in [6.45, 7) is 2.47. The molecule has 0 aromatic heterocycles. The van der Waals surface area contributed by atoms with Crippen molar-refractivity contribution in [3.8, 4) is 0 Å². The smallest absolute Gasteiger partial charge is 0.236 e. The number of carbonyl (C=O) groups is 1. The van der Waals surface area contributed by atoms with Gasteiger partial charge in [0.1, 0.15) is 0 Å². The molecule has 0 aromatic rings. The highest BCUT2D eigenvalue weighted by Crippen LogP contribution is 2.25. The van der Waals surface area contributed by atoms with Gasteiger partial charge < -0.3 is 15.8 Å². The zero-order valence-corrected chi connectivity index (χ0v) is 10.9. The summed E-state index contributed by atoms with van der Waals surface area (Å²) in [7, 11) is 1.77. The third-order valence-electron chi connectivity index (χ3n) is 3.11. The van der Waals surface area contributed by atoms with E-state index in [0.717, 1.165) is 32.2 Å². The lowest BCUT2D eigenvalue weighted by Gasteiger charge is -2.27. The van der Waals surface area contributed by atoms with Crippen LogP contribution in [0.15, 0.2) is 0 Å². The van der Waals surface area contributed by atoms with Gasteiger partial charge in [0.15, 0.2) is 0 Å². The number of nitrogens with two attached hydrogens (primary N) is 1. The van der Waals surface area contributed by atoms with Crippen LogP contribution in [0.25, 0.3) is 0 Å². The Hall–Kier alpha value is -0.320. The predicted octanol–water partition coefficient (Wildman–Crippen LogP) is 1.08. The van der Waals surface area contributed by atoms with E-state index in [1.54, 1.807) is 14.0 Å². The number of halogens is 1. The first-order valence-corrected chi connectivity index (χ1v) is 5.69. The second kappa shape index (κ2) is 7.87. The van der Waals surface area contributed by atoms with E-state index in [-0.39, 0.29) is 18.3 Å². The third-order valence-corrected chi connectivity index (χ3v) is 3.11. The van der Waals surface area contributed by atoms with Gasteiger partial charge in [-0.05, 0) is 38.5 Å². The van der Waals surface area contributed by atoms with Crippen LogP contribution in [0.4, 0.5) is 0 Å². The molecule has 0 saturated heterocycles. The molecular formula is C11H23ClN2O2. The summed E-state index contributed by atoms with van der Waals surface area (Å²) in [5, 5.41) is 2.88. The van der Waals surface area contributed by atoms with Crippen molar-refractivity contribution in [2.45, 2.75) is 44.8 Å². The SMILES string of the molecule is COC1CCC(CNC(=O)[C@@H](C)N)CC1.Cl. The van der Waals surface area contributed by atoms with Crippen molar-refractivity contribution in [3.63, 3.8) is 0 Å². The molecule has 1 rings (SSSR count). The normalized spacial score (nSPS) is 26.7. The Labute approximate surface area is 104 Å². The molecule has 0 aliphatic heterocycles. The first-order valence-electron chi connectivity index (χ1n) is 5.69. The fraction of sp³-hybridized carbons (Fsp3) is 0.909. The zero-order valence-electron chi connectivity index (χ0n) is 10.1. The van der Waals surface area contributed by atoms with Crippen LogP contribution in [0.2, 0.25) is 0 Å². The van der Waals surface area contributed by atoms with Crippen LogP contribution in [-0.2, 0) is 9.53 Å². The van der Waals surface area contributed by atoms with Crippen molar-refractivity contribution in [2.75, 3.05) is 13.7 Å². The van der Waals surface area contributed by atoms with Crippen molar-refractivity contribution in [3.05, 3.63) is 0 Å². The number of methoxy groups -OCH3 is 1. The molecule has 16 heavy (non-hydrogen) atoms. The largest absolute Gasteiger partial charge is 0.381 e. The maximum absolute atomic E-state index is 11.2. The van der Waals surface area contributed by atoms with Crippen molar-refractivity contribution in [1.29, 1.82) is 0 Å². The fourth-order valence-corrected chi connectivity index (χ4v) is 1.98. The van der Waals surface area contributed by atoms with Crippen LogP contribution < -0.4 is 11.1 Å². The summed E-state index contributed by atoms with van der Waals surface area (Å²) in [5.41, 5.74) is 5.46. The zero-order chi connectivity index (χ0) is 11.3. The monoisotopic (exact) mass is 250 g/mol. The Bertz CT molecular complexity index is 204. The summed E-state index contributed by atoms with van der Waals surface area (Å²) in [4.78, 5) is 11.2. The van der Waals surface area contributed by atoms with Crippen molar-refractivity contribution in [1.82, 2.24) is 5.32 Å². The molecule has 1 atom stereocenters. The van der Waals surface area contributed by atoms with E-state index in [2.05, 4.69) is 5.32 Å². The lowest BCUT2D eigenvalue weighted by atomic mass is 9.87. The number of rotatable bonds is 4. The quantitative estimate of drug-likeness (QED) is 0.785. The van der Waals surface area contributed by atoms with Gasteiger partial charge in [0.25, 0.3) is 0 Å². The van der Waals surface area contributed by atoms with Crippen molar-refractivity contribution in [2.24, 2.45) is 11.7 Å². The molecule has 0 radical (unpaired) electrons. The first-order chi connectivity index (χ1) is 7.13. The molecule has 1 amide bonds. The predicted molar refractivity (Wildman–Crippen MR) is 66.7 cm³/mol. The lowest BCUT2D eigenvalue weighted by molar-refractivity contribution is -0.122. The minimum Gasteiger partial charge on any atom is -0.381 e. The molecule has 1 saturated carbocycles. The number of hydrogen-bond acceptors (Lipinski definition) is 3. The minimum absolute atomic E-state index is 0. The molecule has 1 aliphatic carbocycles. The Balaban J connectivity index is 0.00000225. The Morgan fingerprint density at radius 1 is 1.44 bits per heavy atom. The Morgan fingerprint density at radius 2 is 2.00 bits per heavy atom. The van der Waals surface area contributed by atoms with E-state index in [0.29, 0.717) is 12.0 Å². The van der Waals surface area contributed by atoms with Crippen LogP contribution in [-0.4, -0.2) is 31.7 Å². The summed E-state index contributed by atoms with van der Waals surface area (Å²) >= 11 is 0. The molecule has 1 fully saturated rings. The molecule has 1 aliphatic rings. The molecule has 96 valence electrons. The maximum Gasteiger partial charge on any atom is 0.236 e. The van der Waals surface area contributed by atoms with Crippen LogP contribution in [0.3, 0.4) is 0 Å². The summed E-state index contributed by atoms with van der Waals surface area (Å²) in [5.74, 6) is 0.544. The maximum atomic E-state index is 11.2. The average Bonchev–Trinajstić information content (AvgIpc) is 2.26. The second-order valence-corrected chi connectivity index (χ2v) is 4.41. The molecule has 3 N–H and O–H groups in total. The van der Waals surface area contributed by atoms with E-state index in [4.69, 9.17) is 10.5 Å². The van der Waals surface area contributed by atoms with E-state index >= 15 is 0 Å². The van der Waals surface area contributed by atoms with Gasteiger partial charge in [0.2, 0.25) is 5.91 Å². The van der Waals surface area contributed by atoms with Crippen LogP contribution in [0, 0.1) is 5.92 Å². The van der Waals surface area contributed by atoms with Gasteiger partial charge in [-0.15, -0.1) is 12.4 Å². The van der Waals surface area contributed by atoms with Gasteiger partial charge in [-0.1, -0.05) is 0 Å². The van der Waals surface area contributed by atoms with Crippen LogP contribution in [0.5, 0.6) is 0 Å². The van der Waals surface area contributed by atoms with Crippen LogP contribution >= 0.6 is 12.4 Å². The topological polar surface area (TPSA) is 64.3 Å². The molecule has 0 heterocycles. The van der Waals surface area contributed by atoms with Gasteiger partial charge in [-0.25, -0.2) is 0 Å². The number of ether oxygens (including phenoxy) is 1. The lowest BCUT2D eigenvalue weighted by Crippen LogP contribution is -2.41. The van der Waals surface area contributed by atoms with Crippen LogP contribution in [0.1, 0.15) is 32.6 Å². The number of hydrogen-bond donors (Lipinski definition) is 2. The Morgan fingerprint density at radius 3 is 2.44 bits per heavy atom. The van der Waals surface area contributed by atoms with E-state index in [1.807, 2.05) is 0 Å². The molecule has 0 bridgehead atoms. The van der Waals surface area contributed by atoms with Crippen molar-refractivity contribution >= 4 is 18.3 Å². The highest BCUT2D eigenvalue weighted by molar-refractivity contribution is 5.85. The van der Waals surface area contributed by atoms with Gasteiger partial charge in [-0.3, -0.25) is 4.79 Å². The summed E-state index contributed by atoms with van der Waals surface area (Å²) in [6.07, 6.45) is 4.91. The number of nitrogens with one attached hydrogen (secondary N) is 1. The summed E-state index contributed by atoms with van der Waals surface area (Å²) in [6, 6.07) is -0.402. The highest BCUT2D eigenvalue weighted by Gasteiger charge is 2.21. The molecule has 4 nitrogen and oxygen atoms in total. The van der Waals surface area contributed by atoms with E-state index in [9.17, 15) is 4.79 Å². The fourth-order valence-electron chi connectivity index (χ4n) is 1.98. The molecule has 0 spiro atoms. The van der Waals surface area contributed by atoms with Crippen molar-refractivity contribution < 1.29 is 9.53 Å². The number of carbonyl (C=O) groups excluding carboxylic acids is 1.